The smallest absolute Gasteiger partial charge is 0.220 e. The molecule has 2 aliphatic rings. The molecule has 0 spiro atoms. The van der Waals surface area contributed by atoms with Gasteiger partial charge in [0, 0.05) is 31.3 Å². The van der Waals surface area contributed by atoms with Crippen LogP contribution in [0.2, 0.25) is 0 Å². The van der Waals surface area contributed by atoms with Crippen LogP contribution in [0.25, 0.3) is 0 Å². The van der Waals surface area contributed by atoms with E-state index in [9.17, 15) is 13.2 Å². The van der Waals surface area contributed by atoms with Gasteiger partial charge in [-0.15, -0.1) is 0 Å². The number of carbonyl (C=O) groups excluding carboxylic acids is 1. The van der Waals surface area contributed by atoms with Gasteiger partial charge in [0.2, 0.25) is 15.9 Å². The number of aryl methyl sites for hydroxylation is 1. The van der Waals surface area contributed by atoms with Crippen LogP contribution in [-0.4, -0.2) is 50.4 Å². The summed E-state index contributed by atoms with van der Waals surface area (Å²) in [6.45, 7) is 0.610. The van der Waals surface area contributed by atoms with Crippen LogP contribution in [0.5, 0.6) is 0 Å². The van der Waals surface area contributed by atoms with Crippen molar-refractivity contribution in [1.82, 2.24) is 15.0 Å². The Morgan fingerprint density at radius 1 is 1.43 bits per heavy atom. The summed E-state index contributed by atoms with van der Waals surface area (Å²) >= 11 is 0. The van der Waals surface area contributed by atoms with Crippen LogP contribution in [0.15, 0.2) is 24.5 Å². The number of amides is 1. The molecule has 2 N–H and O–H groups in total. The highest BCUT2D eigenvalue weighted by Crippen LogP contribution is 2.39. The SMILES string of the molecule is CS(=O)(=O)N[C@H]1[C@H](NC(=O)CCc2cccnc2)[C@@H]2CCO[C@@H]21. The normalized spacial score (nSPS) is 29.6. The van der Waals surface area contributed by atoms with Crippen molar-refractivity contribution in [3.05, 3.63) is 30.1 Å². The Hall–Kier alpha value is -1.51. The highest BCUT2D eigenvalue weighted by Gasteiger charge is 2.55. The first-order chi connectivity index (χ1) is 10.9. The standard InChI is InChI=1S/C15H21N3O4S/c1-23(20,21)18-14-13(11-6-8-22-15(11)14)17-12(19)5-4-10-3-2-7-16-9-10/h2-3,7,9,11,13-15,18H,4-6,8H2,1H3,(H,17,19)/t11-,13+,14-,15-/m0/s1. The first kappa shape index (κ1) is 16.4. The average Bonchev–Trinajstić information content (AvgIpc) is 2.93. The van der Waals surface area contributed by atoms with Gasteiger partial charge in [-0.25, -0.2) is 13.1 Å². The average molecular weight is 339 g/mol. The summed E-state index contributed by atoms with van der Waals surface area (Å²) in [6, 6.07) is 3.20. The predicted molar refractivity (Wildman–Crippen MR) is 84.1 cm³/mol. The van der Waals surface area contributed by atoms with Crippen molar-refractivity contribution in [1.29, 1.82) is 0 Å². The van der Waals surface area contributed by atoms with Gasteiger partial charge in [0.1, 0.15) is 0 Å². The lowest BCUT2D eigenvalue weighted by Gasteiger charge is -2.47. The summed E-state index contributed by atoms with van der Waals surface area (Å²) in [5.41, 5.74) is 1.00. The molecule has 8 heteroatoms. The number of aromatic nitrogens is 1. The third-order valence-corrected chi connectivity index (χ3v) is 5.13. The van der Waals surface area contributed by atoms with Crippen molar-refractivity contribution >= 4 is 15.9 Å². The first-order valence-corrected chi connectivity index (χ1v) is 9.60. The van der Waals surface area contributed by atoms with Crippen molar-refractivity contribution in [2.45, 2.75) is 37.5 Å². The number of carbonyl (C=O) groups is 1. The zero-order valence-electron chi connectivity index (χ0n) is 12.9. The maximum atomic E-state index is 12.2. The van der Waals surface area contributed by atoms with Crippen molar-refractivity contribution in [3.8, 4) is 0 Å². The number of hydrogen-bond acceptors (Lipinski definition) is 5. The maximum Gasteiger partial charge on any atom is 0.220 e. The number of hydrogen-bond donors (Lipinski definition) is 2. The number of nitrogens with one attached hydrogen (secondary N) is 2. The summed E-state index contributed by atoms with van der Waals surface area (Å²) in [6.07, 6.45) is 6.24. The van der Waals surface area contributed by atoms with Crippen LogP contribution in [0, 0.1) is 5.92 Å². The topological polar surface area (TPSA) is 97.4 Å². The molecule has 2 fully saturated rings. The van der Waals surface area contributed by atoms with E-state index < -0.39 is 10.0 Å². The Labute approximate surface area is 135 Å². The molecule has 1 aliphatic carbocycles. The van der Waals surface area contributed by atoms with Crippen LogP contribution in [0.3, 0.4) is 0 Å². The molecule has 0 radical (unpaired) electrons. The third-order valence-electron chi connectivity index (χ3n) is 4.43. The van der Waals surface area contributed by atoms with E-state index in [0.29, 0.717) is 19.4 Å². The Morgan fingerprint density at radius 2 is 2.26 bits per heavy atom. The van der Waals surface area contributed by atoms with Crippen LogP contribution < -0.4 is 10.0 Å². The van der Waals surface area contributed by atoms with Crippen LogP contribution >= 0.6 is 0 Å². The van der Waals surface area contributed by atoms with E-state index in [2.05, 4.69) is 15.0 Å². The fourth-order valence-electron chi connectivity index (χ4n) is 3.35. The minimum atomic E-state index is -3.34. The monoisotopic (exact) mass is 339 g/mol. The number of ether oxygens (including phenoxy) is 1. The molecule has 1 aromatic rings. The highest BCUT2D eigenvalue weighted by atomic mass is 32.2. The van der Waals surface area contributed by atoms with E-state index in [4.69, 9.17) is 4.74 Å². The second kappa shape index (κ2) is 6.54. The van der Waals surface area contributed by atoms with Crippen LogP contribution in [0.1, 0.15) is 18.4 Å². The van der Waals surface area contributed by atoms with E-state index in [0.717, 1.165) is 18.2 Å². The number of fused-ring (bicyclic) bond motifs is 1. The molecule has 4 atom stereocenters. The zero-order valence-corrected chi connectivity index (χ0v) is 13.8. The molecule has 0 aromatic carbocycles. The van der Waals surface area contributed by atoms with E-state index in [1.54, 1.807) is 12.4 Å². The number of rotatable bonds is 6. The Morgan fingerprint density at radius 3 is 2.96 bits per heavy atom. The maximum absolute atomic E-state index is 12.2. The van der Waals surface area contributed by atoms with Crippen molar-refractivity contribution in [2.75, 3.05) is 12.9 Å². The largest absolute Gasteiger partial charge is 0.376 e. The second-order valence-corrected chi connectivity index (χ2v) is 7.94. The van der Waals surface area contributed by atoms with Gasteiger partial charge in [-0.1, -0.05) is 6.07 Å². The molecule has 2 heterocycles. The lowest BCUT2D eigenvalue weighted by Crippen LogP contribution is -2.70. The molecule has 1 amide bonds. The van der Waals surface area contributed by atoms with Crippen molar-refractivity contribution in [2.24, 2.45) is 5.92 Å². The van der Waals surface area contributed by atoms with E-state index >= 15 is 0 Å². The van der Waals surface area contributed by atoms with Gasteiger partial charge in [-0.3, -0.25) is 9.78 Å². The molecule has 23 heavy (non-hydrogen) atoms. The molecular formula is C15H21N3O4S. The van der Waals surface area contributed by atoms with Crippen LogP contribution in [0.4, 0.5) is 0 Å². The quantitative estimate of drug-likeness (QED) is 0.750. The van der Waals surface area contributed by atoms with Gasteiger partial charge in [-0.2, -0.15) is 0 Å². The molecule has 7 nitrogen and oxygen atoms in total. The van der Waals surface area contributed by atoms with Gasteiger partial charge in [0.05, 0.1) is 24.4 Å². The molecule has 1 saturated carbocycles. The number of nitrogens with zero attached hydrogens (tertiary/aromatic N) is 1. The van der Waals surface area contributed by atoms with Crippen LogP contribution in [-0.2, 0) is 26.0 Å². The fourth-order valence-corrected chi connectivity index (χ4v) is 4.13. The zero-order chi connectivity index (χ0) is 16.4. The molecule has 0 unspecified atom stereocenters. The summed E-state index contributed by atoms with van der Waals surface area (Å²) < 4.78 is 31.1. The van der Waals surface area contributed by atoms with Gasteiger partial charge < -0.3 is 10.1 Å². The van der Waals surface area contributed by atoms with Gasteiger partial charge >= 0.3 is 0 Å². The Balaban J connectivity index is 1.56. The van der Waals surface area contributed by atoms with Gasteiger partial charge in [-0.05, 0) is 24.5 Å². The van der Waals surface area contributed by atoms with E-state index in [1.807, 2.05) is 12.1 Å². The number of sulfonamides is 1. The fraction of sp³-hybridized carbons (Fsp3) is 0.600. The highest BCUT2D eigenvalue weighted by molar-refractivity contribution is 7.88. The lowest BCUT2D eigenvalue weighted by molar-refractivity contribution is -0.125. The molecular weight excluding hydrogens is 318 g/mol. The minimum Gasteiger partial charge on any atom is -0.376 e. The molecule has 0 bridgehead atoms. The lowest BCUT2D eigenvalue weighted by atomic mass is 9.72. The van der Waals surface area contributed by atoms with Crippen molar-refractivity contribution in [3.63, 3.8) is 0 Å². The minimum absolute atomic E-state index is 0.0792. The van der Waals surface area contributed by atoms with Gasteiger partial charge in [0.15, 0.2) is 0 Å². The Kier molecular flexibility index (Phi) is 4.65. The second-order valence-electron chi connectivity index (χ2n) is 6.16. The summed E-state index contributed by atoms with van der Waals surface area (Å²) in [5.74, 6) is 0.112. The summed E-state index contributed by atoms with van der Waals surface area (Å²) in [5, 5.41) is 2.96. The van der Waals surface area contributed by atoms with E-state index in [-0.39, 0.29) is 30.0 Å². The molecule has 1 aromatic heterocycles. The summed E-state index contributed by atoms with van der Waals surface area (Å²) in [7, 11) is -3.34. The van der Waals surface area contributed by atoms with Crippen molar-refractivity contribution < 1.29 is 17.9 Å². The molecule has 3 rings (SSSR count). The summed E-state index contributed by atoms with van der Waals surface area (Å²) in [4.78, 5) is 16.2. The molecule has 126 valence electrons. The first-order valence-electron chi connectivity index (χ1n) is 7.71. The van der Waals surface area contributed by atoms with E-state index in [1.165, 1.54) is 0 Å². The predicted octanol–water partition coefficient (Wildman–Crippen LogP) is -0.164. The third kappa shape index (κ3) is 3.88. The molecule has 1 saturated heterocycles. The Bertz CT molecular complexity index is 665. The number of pyridine rings is 1. The molecule has 1 aliphatic heterocycles. The van der Waals surface area contributed by atoms with Gasteiger partial charge in [0.25, 0.3) is 0 Å².